The minimum atomic E-state index is 0.199. The van der Waals surface area contributed by atoms with Gasteiger partial charge in [-0.25, -0.2) is 0 Å². The molecule has 0 saturated carbocycles. The Hall–Kier alpha value is -0.830. The zero-order valence-corrected chi connectivity index (χ0v) is 13.4. The van der Waals surface area contributed by atoms with Crippen molar-refractivity contribution in [3.05, 3.63) is 18.0 Å². The van der Waals surface area contributed by atoms with Crippen molar-refractivity contribution in [2.75, 3.05) is 13.1 Å². The summed E-state index contributed by atoms with van der Waals surface area (Å²) in [6.07, 6.45) is 6.71. The van der Waals surface area contributed by atoms with Crippen LogP contribution < -0.4 is 0 Å². The minimum absolute atomic E-state index is 0.199. The number of piperidine rings is 1. The summed E-state index contributed by atoms with van der Waals surface area (Å²) in [5.41, 5.74) is 1.83. The topological polar surface area (TPSA) is 21.1 Å². The van der Waals surface area contributed by atoms with E-state index in [9.17, 15) is 0 Å². The molecule has 1 aromatic rings. The van der Waals surface area contributed by atoms with Crippen molar-refractivity contribution in [2.45, 2.75) is 71.4 Å². The first-order chi connectivity index (χ1) is 8.68. The maximum atomic E-state index is 4.59. The second-order valence-electron chi connectivity index (χ2n) is 7.85. The van der Waals surface area contributed by atoms with Crippen LogP contribution in [0.1, 0.15) is 66.0 Å². The number of rotatable bonds is 1. The fraction of sp³-hybridized carbons (Fsp3) is 0.812. The molecular formula is C16H29N3. The third kappa shape index (κ3) is 3.38. The highest BCUT2D eigenvalue weighted by atomic mass is 15.3. The predicted molar refractivity (Wildman–Crippen MR) is 80.5 cm³/mol. The third-order valence-electron chi connectivity index (χ3n) is 4.25. The first-order valence-corrected chi connectivity index (χ1v) is 7.47. The van der Waals surface area contributed by atoms with Crippen LogP contribution in [-0.4, -0.2) is 33.3 Å². The molecule has 1 aliphatic rings. The maximum absolute atomic E-state index is 4.59. The van der Waals surface area contributed by atoms with Crippen molar-refractivity contribution in [2.24, 2.45) is 0 Å². The zero-order chi connectivity index (χ0) is 14.3. The molecule has 0 amide bonds. The van der Waals surface area contributed by atoms with E-state index in [2.05, 4.69) is 62.4 Å². The van der Waals surface area contributed by atoms with Gasteiger partial charge in [-0.15, -0.1) is 0 Å². The molecule has 0 N–H and O–H groups in total. The number of hydrogen-bond donors (Lipinski definition) is 0. The second kappa shape index (κ2) is 4.93. The highest BCUT2D eigenvalue weighted by molar-refractivity contribution is 5.15. The molecule has 0 atom stereocenters. The fourth-order valence-corrected chi connectivity index (χ4v) is 2.73. The van der Waals surface area contributed by atoms with Crippen LogP contribution in [-0.2, 0) is 5.41 Å². The van der Waals surface area contributed by atoms with Gasteiger partial charge in [-0.3, -0.25) is 9.58 Å². The Morgan fingerprint density at radius 1 is 1.05 bits per heavy atom. The van der Waals surface area contributed by atoms with Crippen LogP contribution in [0.25, 0.3) is 0 Å². The highest BCUT2D eigenvalue weighted by Gasteiger charge is 2.28. The summed E-state index contributed by atoms with van der Waals surface area (Å²) in [6, 6.07) is 0.578. The molecule has 19 heavy (non-hydrogen) atoms. The Balaban J connectivity index is 2.00. The molecule has 0 unspecified atom stereocenters. The summed E-state index contributed by atoms with van der Waals surface area (Å²) >= 11 is 0. The molecule has 1 aromatic heterocycles. The van der Waals surface area contributed by atoms with Gasteiger partial charge in [0.2, 0.25) is 0 Å². The van der Waals surface area contributed by atoms with Gasteiger partial charge in [0.25, 0.3) is 0 Å². The van der Waals surface area contributed by atoms with Gasteiger partial charge in [-0.1, -0.05) is 20.8 Å². The van der Waals surface area contributed by atoms with Crippen LogP contribution in [0.15, 0.2) is 12.4 Å². The van der Waals surface area contributed by atoms with Crippen LogP contribution in [0.2, 0.25) is 0 Å². The van der Waals surface area contributed by atoms with Crippen LogP contribution in [0.3, 0.4) is 0 Å². The summed E-state index contributed by atoms with van der Waals surface area (Å²) in [6.45, 7) is 16.0. The van der Waals surface area contributed by atoms with E-state index in [1.807, 2.05) is 6.20 Å². The van der Waals surface area contributed by atoms with E-state index in [1.54, 1.807) is 0 Å². The molecule has 3 nitrogen and oxygen atoms in total. The van der Waals surface area contributed by atoms with Crippen LogP contribution in [0.4, 0.5) is 0 Å². The summed E-state index contributed by atoms with van der Waals surface area (Å²) in [5, 5.41) is 4.59. The molecule has 3 heteroatoms. The van der Waals surface area contributed by atoms with E-state index >= 15 is 0 Å². The summed E-state index contributed by atoms with van der Waals surface area (Å²) in [5.74, 6) is 0. The summed E-state index contributed by atoms with van der Waals surface area (Å²) < 4.78 is 2.20. The molecule has 108 valence electrons. The lowest BCUT2D eigenvalue weighted by atomic mass is 9.90. The van der Waals surface area contributed by atoms with Crippen LogP contribution in [0, 0.1) is 0 Å². The van der Waals surface area contributed by atoms with E-state index in [0.717, 1.165) is 0 Å². The van der Waals surface area contributed by atoms with Crippen molar-refractivity contribution in [1.82, 2.24) is 14.7 Å². The largest absolute Gasteiger partial charge is 0.298 e. The predicted octanol–water partition coefficient (Wildman–Crippen LogP) is 3.62. The lowest BCUT2D eigenvalue weighted by Gasteiger charge is -2.40. The average molecular weight is 263 g/mol. The fourth-order valence-electron chi connectivity index (χ4n) is 2.73. The van der Waals surface area contributed by atoms with Gasteiger partial charge in [-0.2, -0.15) is 5.10 Å². The zero-order valence-electron chi connectivity index (χ0n) is 13.4. The maximum Gasteiger partial charge on any atom is 0.0543 e. The normalized spacial score (nSPS) is 19.9. The van der Waals surface area contributed by atoms with Gasteiger partial charge >= 0.3 is 0 Å². The number of hydrogen-bond acceptors (Lipinski definition) is 2. The monoisotopic (exact) mass is 263 g/mol. The van der Waals surface area contributed by atoms with Gasteiger partial charge in [0.1, 0.15) is 0 Å². The smallest absolute Gasteiger partial charge is 0.0543 e. The van der Waals surface area contributed by atoms with Crippen molar-refractivity contribution >= 4 is 0 Å². The number of nitrogens with zero attached hydrogens (tertiary/aromatic N) is 3. The van der Waals surface area contributed by atoms with Gasteiger partial charge in [-0.05, 0) is 44.6 Å². The van der Waals surface area contributed by atoms with Gasteiger partial charge in [0.05, 0.1) is 12.2 Å². The second-order valence-corrected chi connectivity index (χ2v) is 7.85. The van der Waals surface area contributed by atoms with Gasteiger partial charge in [0.15, 0.2) is 0 Å². The minimum Gasteiger partial charge on any atom is -0.298 e. The standard InChI is InChI=1S/C16H29N3/c1-15(2,3)13-11-17-19(12-13)14-7-9-18(10-8-14)16(4,5)6/h11-12,14H,7-10H2,1-6H3. The van der Waals surface area contributed by atoms with E-state index < -0.39 is 0 Å². The first kappa shape index (κ1) is 14.6. The van der Waals surface area contributed by atoms with E-state index in [-0.39, 0.29) is 5.41 Å². The van der Waals surface area contributed by atoms with Crippen molar-refractivity contribution < 1.29 is 0 Å². The van der Waals surface area contributed by atoms with Crippen LogP contribution >= 0.6 is 0 Å². The SMILES string of the molecule is CC(C)(C)c1cnn(C2CCN(C(C)(C)C)CC2)c1. The molecule has 1 saturated heterocycles. The van der Waals surface area contributed by atoms with Gasteiger partial charge < -0.3 is 0 Å². The molecule has 2 heterocycles. The molecule has 0 bridgehead atoms. The molecule has 0 spiro atoms. The average Bonchev–Trinajstić information content (AvgIpc) is 2.77. The van der Waals surface area contributed by atoms with Crippen molar-refractivity contribution in [3.63, 3.8) is 0 Å². The van der Waals surface area contributed by atoms with Crippen molar-refractivity contribution in [3.8, 4) is 0 Å². The van der Waals surface area contributed by atoms with Crippen LogP contribution in [0.5, 0.6) is 0 Å². The Labute approximate surface area is 118 Å². The molecule has 0 aromatic carbocycles. The van der Waals surface area contributed by atoms with Crippen molar-refractivity contribution in [1.29, 1.82) is 0 Å². The molecular weight excluding hydrogens is 234 g/mol. The molecule has 0 aliphatic carbocycles. The lowest BCUT2D eigenvalue weighted by molar-refractivity contribution is 0.0870. The summed E-state index contributed by atoms with van der Waals surface area (Å²) in [4.78, 5) is 2.58. The Morgan fingerprint density at radius 2 is 1.63 bits per heavy atom. The lowest BCUT2D eigenvalue weighted by Crippen LogP contribution is -2.46. The van der Waals surface area contributed by atoms with E-state index in [1.165, 1.54) is 31.5 Å². The number of likely N-dealkylation sites (tertiary alicyclic amines) is 1. The summed E-state index contributed by atoms with van der Waals surface area (Å²) in [7, 11) is 0. The van der Waals surface area contributed by atoms with Gasteiger partial charge in [0, 0.05) is 24.8 Å². The molecule has 2 rings (SSSR count). The third-order valence-corrected chi connectivity index (χ3v) is 4.25. The van der Waals surface area contributed by atoms with E-state index in [0.29, 0.717) is 11.6 Å². The Kier molecular flexibility index (Phi) is 3.78. The Morgan fingerprint density at radius 3 is 2.05 bits per heavy atom. The Bertz CT molecular complexity index is 412. The highest BCUT2D eigenvalue weighted by Crippen LogP contribution is 2.28. The molecule has 1 aliphatic heterocycles. The molecule has 1 fully saturated rings. The quantitative estimate of drug-likeness (QED) is 0.771. The number of aromatic nitrogens is 2. The van der Waals surface area contributed by atoms with E-state index in [4.69, 9.17) is 0 Å². The first-order valence-electron chi connectivity index (χ1n) is 7.47. The molecule has 0 radical (unpaired) electrons.